The molecule has 1 unspecified atom stereocenters. The number of hydrogen-bond acceptors (Lipinski definition) is 6. The molecule has 3 N–H and O–H groups in total. The number of non-ortho nitro benzene ring substituents is 1. The van der Waals surface area contributed by atoms with Gasteiger partial charge in [-0.05, 0) is 31.4 Å². The minimum Gasteiger partial charge on any atom is -0.354 e. The van der Waals surface area contributed by atoms with Crippen molar-refractivity contribution in [2.75, 3.05) is 19.6 Å². The molecule has 0 radical (unpaired) electrons. The number of halogens is 1. The lowest BCUT2D eigenvalue weighted by Crippen LogP contribution is -2.49. The molecule has 152 valence electrons. The minimum atomic E-state index is -0.441. The molecule has 1 aliphatic heterocycles. The molecule has 10 heteroatoms. The molecule has 3 rings (SSSR count). The van der Waals surface area contributed by atoms with Crippen molar-refractivity contribution >= 4 is 51.3 Å². The zero-order valence-electron chi connectivity index (χ0n) is 15.3. The van der Waals surface area contributed by atoms with E-state index in [9.17, 15) is 19.7 Å². The third kappa shape index (κ3) is 4.98. The SMILES string of the molecule is Cl.NCCC(=O)NCC1CCCCN1C(=O)c1cc2cc([N+](=O)[O-])ccc2s1. The summed E-state index contributed by atoms with van der Waals surface area (Å²) in [5.41, 5.74) is 5.40. The number of rotatable bonds is 6. The summed E-state index contributed by atoms with van der Waals surface area (Å²) in [6.45, 7) is 1.36. The maximum absolute atomic E-state index is 13.0. The van der Waals surface area contributed by atoms with Crippen LogP contribution < -0.4 is 11.1 Å². The number of nitro groups is 1. The van der Waals surface area contributed by atoms with Crippen LogP contribution in [0, 0.1) is 10.1 Å². The maximum Gasteiger partial charge on any atom is 0.270 e. The molecule has 2 aromatic rings. The fourth-order valence-corrected chi connectivity index (χ4v) is 4.32. The van der Waals surface area contributed by atoms with Crippen LogP contribution in [0.3, 0.4) is 0 Å². The van der Waals surface area contributed by atoms with Crippen molar-refractivity contribution in [1.82, 2.24) is 10.2 Å². The Bertz CT molecular complexity index is 872. The highest BCUT2D eigenvalue weighted by atomic mass is 35.5. The normalized spacial score (nSPS) is 16.5. The molecule has 1 atom stereocenters. The highest BCUT2D eigenvalue weighted by Crippen LogP contribution is 2.31. The first kappa shape index (κ1) is 22.1. The minimum absolute atomic E-state index is 0. The average Bonchev–Trinajstić information content (AvgIpc) is 3.09. The van der Waals surface area contributed by atoms with Crippen LogP contribution in [0.1, 0.15) is 35.4 Å². The van der Waals surface area contributed by atoms with Crippen LogP contribution in [0.5, 0.6) is 0 Å². The molecule has 1 aromatic carbocycles. The van der Waals surface area contributed by atoms with Gasteiger partial charge in [-0.25, -0.2) is 0 Å². The van der Waals surface area contributed by atoms with E-state index in [0.717, 1.165) is 24.0 Å². The van der Waals surface area contributed by atoms with Gasteiger partial charge in [0.2, 0.25) is 5.91 Å². The quantitative estimate of drug-likeness (QED) is 0.543. The van der Waals surface area contributed by atoms with Gasteiger partial charge in [-0.3, -0.25) is 19.7 Å². The molecule has 0 aliphatic carbocycles. The van der Waals surface area contributed by atoms with Crippen molar-refractivity contribution in [3.63, 3.8) is 0 Å². The molecule has 0 spiro atoms. The summed E-state index contributed by atoms with van der Waals surface area (Å²) in [5.74, 6) is -0.193. The van der Waals surface area contributed by atoms with E-state index in [2.05, 4.69) is 5.32 Å². The number of likely N-dealkylation sites (tertiary alicyclic amines) is 1. The van der Waals surface area contributed by atoms with Gasteiger partial charge in [-0.1, -0.05) is 0 Å². The summed E-state index contributed by atoms with van der Waals surface area (Å²) in [4.78, 5) is 37.6. The van der Waals surface area contributed by atoms with Gasteiger partial charge in [-0.15, -0.1) is 23.7 Å². The van der Waals surface area contributed by atoms with Gasteiger partial charge in [0.25, 0.3) is 11.6 Å². The Morgan fingerprint density at radius 3 is 2.82 bits per heavy atom. The number of nitro benzene ring substituents is 1. The summed E-state index contributed by atoms with van der Waals surface area (Å²) < 4.78 is 0.841. The van der Waals surface area contributed by atoms with Gasteiger partial charge in [-0.2, -0.15) is 0 Å². The number of thiophene rings is 1. The van der Waals surface area contributed by atoms with E-state index in [4.69, 9.17) is 5.73 Å². The smallest absolute Gasteiger partial charge is 0.270 e. The molecule has 1 saturated heterocycles. The van der Waals surface area contributed by atoms with E-state index in [0.29, 0.717) is 29.9 Å². The van der Waals surface area contributed by atoms with Crippen molar-refractivity contribution in [1.29, 1.82) is 0 Å². The monoisotopic (exact) mass is 426 g/mol. The third-order valence-corrected chi connectivity index (χ3v) is 5.82. The Hall–Kier alpha value is -2.23. The lowest BCUT2D eigenvalue weighted by molar-refractivity contribution is -0.384. The molecule has 0 bridgehead atoms. The standard InChI is InChI=1S/C18H22N4O4S.ClH/c19-7-6-17(23)20-11-14-3-1-2-8-21(14)18(24)16-10-12-9-13(22(25)26)4-5-15(12)27-16;/h4-5,9-10,14H,1-3,6-8,11,19H2,(H,20,23);1H. The number of carbonyl (C=O) groups excluding carboxylic acids is 2. The summed E-state index contributed by atoms with van der Waals surface area (Å²) in [6, 6.07) is 6.28. The van der Waals surface area contributed by atoms with Gasteiger partial charge in [0, 0.05) is 54.3 Å². The Morgan fingerprint density at radius 1 is 1.32 bits per heavy atom. The number of nitrogens with one attached hydrogen (secondary N) is 1. The third-order valence-electron chi connectivity index (χ3n) is 4.72. The lowest BCUT2D eigenvalue weighted by Gasteiger charge is -2.35. The van der Waals surface area contributed by atoms with Crippen molar-refractivity contribution < 1.29 is 14.5 Å². The van der Waals surface area contributed by atoms with Crippen LogP contribution in [0.2, 0.25) is 0 Å². The van der Waals surface area contributed by atoms with Crippen molar-refractivity contribution in [3.8, 4) is 0 Å². The second kappa shape index (κ2) is 9.81. The summed E-state index contributed by atoms with van der Waals surface area (Å²) in [6.07, 6.45) is 3.05. The number of benzene rings is 1. The number of hydrogen-bond donors (Lipinski definition) is 2. The molecule has 8 nitrogen and oxygen atoms in total. The van der Waals surface area contributed by atoms with Crippen molar-refractivity contribution in [3.05, 3.63) is 39.3 Å². The second-order valence-corrected chi connectivity index (χ2v) is 7.66. The number of piperidine rings is 1. The number of fused-ring (bicyclic) bond motifs is 1. The summed E-state index contributed by atoms with van der Waals surface area (Å²) in [7, 11) is 0. The summed E-state index contributed by atoms with van der Waals surface area (Å²) in [5, 5.41) is 14.5. The Kier molecular flexibility index (Phi) is 7.73. The summed E-state index contributed by atoms with van der Waals surface area (Å²) >= 11 is 1.34. The Balaban J connectivity index is 0.00000280. The van der Waals surface area contributed by atoms with E-state index in [1.807, 2.05) is 4.90 Å². The Labute approximate surface area is 172 Å². The predicted molar refractivity (Wildman–Crippen MR) is 111 cm³/mol. The fraction of sp³-hybridized carbons (Fsp3) is 0.444. The van der Waals surface area contributed by atoms with E-state index >= 15 is 0 Å². The van der Waals surface area contributed by atoms with Crippen LogP contribution in [0.15, 0.2) is 24.3 Å². The van der Waals surface area contributed by atoms with Gasteiger partial charge in [0.05, 0.1) is 9.80 Å². The molecule has 0 saturated carbocycles. The molecular weight excluding hydrogens is 404 g/mol. The van der Waals surface area contributed by atoms with E-state index < -0.39 is 4.92 Å². The number of amides is 2. The lowest BCUT2D eigenvalue weighted by atomic mass is 10.0. The molecule has 1 aliphatic rings. The first-order chi connectivity index (χ1) is 13.0. The zero-order valence-corrected chi connectivity index (χ0v) is 16.9. The largest absolute Gasteiger partial charge is 0.354 e. The molecule has 1 aromatic heterocycles. The van der Waals surface area contributed by atoms with E-state index in [1.165, 1.54) is 23.5 Å². The first-order valence-corrected chi connectivity index (χ1v) is 9.77. The average molecular weight is 427 g/mol. The Morgan fingerprint density at radius 2 is 2.11 bits per heavy atom. The number of nitrogens with zero attached hydrogens (tertiary/aromatic N) is 2. The second-order valence-electron chi connectivity index (χ2n) is 6.58. The van der Waals surface area contributed by atoms with Crippen LogP contribution in [0.4, 0.5) is 5.69 Å². The molecule has 2 amide bonds. The van der Waals surface area contributed by atoms with Crippen LogP contribution in [0.25, 0.3) is 10.1 Å². The molecule has 1 fully saturated rings. The van der Waals surface area contributed by atoms with Crippen LogP contribution >= 0.6 is 23.7 Å². The van der Waals surface area contributed by atoms with Crippen LogP contribution in [-0.4, -0.2) is 47.3 Å². The van der Waals surface area contributed by atoms with E-state index in [1.54, 1.807) is 12.1 Å². The molecule has 2 heterocycles. The molecular formula is C18H23ClN4O4S. The van der Waals surface area contributed by atoms with Crippen molar-refractivity contribution in [2.45, 2.75) is 31.7 Å². The first-order valence-electron chi connectivity index (χ1n) is 8.95. The highest BCUT2D eigenvalue weighted by molar-refractivity contribution is 7.20. The van der Waals surface area contributed by atoms with E-state index in [-0.39, 0.29) is 42.4 Å². The maximum atomic E-state index is 13.0. The topological polar surface area (TPSA) is 119 Å². The van der Waals surface area contributed by atoms with Gasteiger partial charge >= 0.3 is 0 Å². The highest BCUT2D eigenvalue weighted by Gasteiger charge is 2.28. The molecule has 28 heavy (non-hydrogen) atoms. The zero-order chi connectivity index (χ0) is 19.4. The number of nitrogens with two attached hydrogens (primary N) is 1. The van der Waals surface area contributed by atoms with Gasteiger partial charge in [0.1, 0.15) is 0 Å². The number of carbonyl (C=O) groups is 2. The van der Waals surface area contributed by atoms with Gasteiger partial charge < -0.3 is 16.0 Å². The van der Waals surface area contributed by atoms with Gasteiger partial charge in [0.15, 0.2) is 0 Å². The van der Waals surface area contributed by atoms with Crippen molar-refractivity contribution in [2.24, 2.45) is 5.73 Å². The fourth-order valence-electron chi connectivity index (χ4n) is 3.32. The predicted octanol–water partition coefficient (Wildman–Crippen LogP) is 2.69. The van der Waals surface area contributed by atoms with Crippen LogP contribution in [-0.2, 0) is 4.79 Å².